The maximum absolute atomic E-state index is 10.4. The lowest BCUT2D eigenvalue weighted by molar-refractivity contribution is -0.110. The highest BCUT2D eigenvalue weighted by Gasteiger charge is 2.12. The van der Waals surface area contributed by atoms with Crippen molar-refractivity contribution < 1.29 is 4.79 Å². The van der Waals surface area contributed by atoms with Gasteiger partial charge in [0.2, 0.25) is 6.41 Å². The third-order valence-corrected chi connectivity index (χ3v) is 3.37. The second kappa shape index (κ2) is 5.82. The maximum atomic E-state index is 10.4. The molecule has 1 aliphatic heterocycles. The molecule has 2 rings (SSSR count). The number of amides is 1. The highest BCUT2D eigenvalue weighted by atomic mass is 16.1. The van der Waals surface area contributed by atoms with E-state index in [9.17, 15) is 4.79 Å². The third-order valence-electron chi connectivity index (χ3n) is 3.37. The first-order valence-corrected chi connectivity index (χ1v) is 6.30. The first-order valence-electron chi connectivity index (χ1n) is 6.30. The van der Waals surface area contributed by atoms with Gasteiger partial charge in [0, 0.05) is 6.54 Å². The van der Waals surface area contributed by atoms with Gasteiger partial charge >= 0.3 is 0 Å². The fourth-order valence-electron chi connectivity index (χ4n) is 2.36. The van der Waals surface area contributed by atoms with E-state index in [1.165, 1.54) is 37.1 Å². The molecule has 1 amide bonds. The fraction of sp³-hybridized carbons (Fsp3) is 0.500. The summed E-state index contributed by atoms with van der Waals surface area (Å²) in [6.45, 7) is 5.46. The zero-order valence-electron chi connectivity index (χ0n) is 10.4. The summed E-state index contributed by atoms with van der Waals surface area (Å²) in [6, 6.07) is 8.58. The van der Waals surface area contributed by atoms with Crippen LogP contribution in [0.15, 0.2) is 24.3 Å². The minimum Gasteiger partial charge on any atom is -0.352 e. The monoisotopic (exact) mass is 232 g/mol. The van der Waals surface area contributed by atoms with Crippen LogP contribution < -0.4 is 5.32 Å². The minimum atomic E-state index is 0.0889. The van der Waals surface area contributed by atoms with Gasteiger partial charge in [-0.3, -0.25) is 9.69 Å². The first kappa shape index (κ1) is 12.1. The van der Waals surface area contributed by atoms with Crippen molar-refractivity contribution in [2.24, 2.45) is 0 Å². The number of hydrogen-bond acceptors (Lipinski definition) is 2. The Morgan fingerprint density at radius 2 is 2.18 bits per heavy atom. The Kier molecular flexibility index (Phi) is 4.15. The van der Waals surface area contributed by atoms with Crippen LogP contribution >= 0.6 is 0 Å². The standard InChI is InChI=1S/C14H20N2O/c1-12(15-11-17)14-6-4-5-13(9-14)10-16-7-2-3-8-16/h4-6,9,11-12H,2-3,7-8,10H2,1H3,(H,15,17). The summed E-state index contributed by atoms with van der Waals surface area (Å²) in [6.07, 6.45) is 3.41. The van der Waals surface area contributed by atoms with Gasteiger partial charge in [-0.25, -0.2) is 0 Å². The molecule has 92 valence electrons. The average molecular weight is 232 g/mol. The van der Waals surface area contributed by atoms with E-state index < -0.39 is 0 Å². The smallest absolute Gasteiger partial charge is 0.207 e. The molecule has 0 bridgehead atoms. The first-order chi connectivity index (χ1) is 8.29. The van der Waals surface area contributed by atoms with Crippen molar-refractivity contribution in [2.45, 2.75) is 32.4 Å². The Hall–Kier alpha value is -1.35. The van der Waals surface area contributed by atoms with Gasteiger partial charge in [-0.05, 0) is 44.0 Å². The van der Waals surface area contributed by atoms with Crippen LogP contribution in [-0.4, -0.2) is 24.4 Å². The van der Waals surface area contributed by atoms with Crippen LogP contribution in [0.1, 0.15) is 36.9 Å². The average Bonchev–Trinajstić information content (AvgIpc) is 2.82. The molecule has 1 saturated heterocycles. The van der Waals surface area contributed by atoms with Gasteiger partial charge in [0.05, 0.1) is 6.04 Å². The van der Waals surface area contributed by atoms with E-state index in [1.807, 2.05) is 6.92 Å². The van der Waals surface area contributed by atoms with Crippen LogP contribution in [0.4, 0.5) is 0 Å². The van der Waals surface area contributed by atoms with E-state index in [-0.39, 0.29) is 6.04 Å². The summed E-state index contributed by atoms with van der Waals surface area (Å²) in [5.74, 6) is 0. The molecule has 0 aliphatic carbocycles. The predicted octanol–water partition coefficient (Wildman–Crippen LogP) is 2.09. The lowest BCUT2D eigenvalue weighted by Gasteiger charge is -2.16. The molecular formula is C14H20N2O. The Morgan fingerprint density at radius 1 is 1.41 bits per heavy atom. The molecule has 3 heteroatoms. The van der Waals surface area contributed by atoms with E-state index in [1.54, 1.807) is 0 Å². The van der Waals surface area contributed by atoms with Gasteiger partial charge in [-0.2, -0.15) is 0 Å². The molecule has 1 aromatic rings. The summed E-state index contributed by atoms with van der Waals surface area (Å²) in [4.78, 5) is 12.9. The Morgan fingerprint density at radius 3 is 2.88 bits per heavy atom. The molecule has 0 radical (unpaired) electrons. The molecule has 1 aliphatic rings. The van der Waals surface area contributed by atoms with Crippen molar-refractivity contribution >= 4 is 6.41 Å². The molecule has 1 N–H and O–H groups in total. The van der Waals surface area contributed by atoms with Gasteiger partial charge < -0.3 is 5.32 Å². The summed E-state index contributed by atoms with van der Waals surface area (Å²) in [5.41, 5.74) is 2.51. The van der Waals surface area contributed by atoms with Gasteiger partial charge in [0.1, 0.15) is 0 Å². The van der Waals surface area contributed by atoms with E-state index >= 15 is 0 Å². The van der Waals surface area contributed by atoms with Crippen LogP contribution in [0.25, 0.3) is 0 Å². The molecule has 1 fully saturated rings. The van der Waals surface area contributed by atoms with Crippen molar-refractivity contribution in [1.29, 1.82) is 0 Å². The lowest BCUT2D eigenvalue weighted by Crippen LogP contribution is -2.19. The fourth-order valence-corrected chi connectivity index (χ4v) is 2.36. The molecule has 1 atom stereocenters. The van der Waals surface area contributed by atoms with E-state index in [0.717, 1.165) is 13.0 Å². The highest BCUT2D eigenvalue weighted by Crippen LogP contribution is 2.17. The topological polar surface area (TPSA) is 32.3 Å². The number of nitrogens with one attached hydrogen (secondary N) is 1. The highest BCUT2D eigenvalue weighted by molar-refractivity contribution is 5.47. The van der Waals surface area contributed by atoms with E-state index in [2.05, 4.69) is 34.5 Å². The number of carbonyl (C=O) groups is 1. The van der Waals surface area contributed by atoms with Crippen LogP contribution in [0.2, 0.25) is 0 Å². The second-order valence-corrected chi connectivity index (χ2v) is 4.73. The quantitative estimate of drug-likeness (QED) is 0.788. The Labute approximate surface area is 103 Å². The maximum Gasteiger partial charge on any atom is 0.207 e. The molecule has 17 heavy (non-hydrogen) atoms. The number of rotatable bonds is 5. The van der Waals surface area contributed by atoms with Crippen molar-refractivity contribution in [1.82, 2.24) is 10.2 Å². The normalized spacial score (nSPS) is 17.9. The van der Waals surface area contributed by atoms with Crippen molar-refractivity contribution in [3.05, 3.63) is 35.4 Å². The zero-order chi connectivity index (χ0) is 12.1. The SMILES string of the molecule is CC(NC=O)c1cccc(CN2CCCC2)c1. The molecule has 0 spiro atoms. The van der Waals surface area contributed by atoms with E-state index in [4.69, 9.17) is 0 Å². The number of nitrogens with zero attached hydrogens (tertiary/aromatic N) is 1. The number of benzene rings is 1. The molecule has 1 unspecified atom stereocenters. The van der Waals surface area contributed by atoms with Crippen molar-refractivity contribution in [3.63, 3.8) is 0 Å². The van der Waals surface area contributed by atoms with Gasteiger partial charge in [0.25, 0.3) is 0 Å². The Bertz CT molecular complexity index is 372. The largest absolute Gasteiger partial charge is 0.352 e. The third kappa shape index (κ3) is 3.30. The van der Waals surface area contributed by atoms with Crippen molar-refractivity contribution in [2.75, 3.05) is 13.1 Å². The van der Waals surface area contributed by atoms with Gasteiger partial charge in [-0.1, -0.05) is 24.3 Å². The van der Waals surface area contributed by atoms with Crippen LogP contribution in [0.5, 0.6) is 0 Å². The van der Waals surface area contributed by atoms with Crippen LogP contribution in [-0.2, 0) is 11.3 Å². The zero-order valence-corrected chi connectivity index (χ0v) is 10.4. The number of carbonyl (C=O) groups excluding carboxylic acids is 1. The van der Waals surface area contributed by atoms with E-state index in [0.29, 0.717) is 0 Å². The van der Waals surface area contributed by atoms with Crippen molar-refractivity contribution in [3.8, 4) is 0 Å². The number of likely N-dealkylation sites (tertiary alicyclic amines) is 1. The molecule has 1 aromatic carbocycles. The summed E-state index contributed by atoms with van der Waals surface area (Å²) < 4.78 is 0. The predicted molar refractivity (Wildman–Crippen MR) is 68.6 cm³/mol. The second-order valence-electron chi connectivity index (χ2n) is 4.73. The summed E-state index contributed by atoms with van der Waals surface area (Å²) >= 11 is 0. The molecule has 1 heterocycles. The Balaban J connectivity index is 2.02. The summed E-state index contributed by atoms with van der Waals surface area (Å²) in [7, 11) is 0. The molecule has 3 nitrogen and oxygen atoms in total. The van der Waals surface area contributed by atoms with Gasteiger partial charge in [0.15, 0.2) is 0 Å². The number of hydrogen-bond donors (Lipinski definition) is 1. The van der Waals surface area contributed by atoms with Crippen LogP contribution in [0.3, 0.4) is 0 Å². The summed E-state index contributed by atoms with van der Waals surface area (Å²) in [5, 5.41) is 2.79. The minimum absolute atomic E-state index is 0.0889. The van der Waals surface area contributed by atoms with Crippen LogP contribution in [0, 0.1) is 0 Å². The molecular weight excluding hydrogens is 212 g/mol. The lowest BCUT2D eigenvalue weighted by atomic mass is 10.1. The molecule has 0 aromatic heterocycles. The molecule has 0 saturated carbocycles. The van der Waals surface area contributed by atoms with Gasteiger partial charge in [-0.15, -0.1) is 0 Å².